The molecule has 0 radical (unpaired) electrons. The van der Waals surface area contributed by atoms with E-state index in [4.69, 9.17) is 0 Å². The molecular formula is C11H5F3N3O2-. The van der Waals surface area contributed by atoms with E-state index >= 15 is 0 Å². The van der Waals surface area contributed by atoms with Crippen LogP contribution in [0.25, 0.3) is 11.5 Å². The Morgan fingerprint density at radius 1 is 1.21 bits per heavy atom. The number of aromatic nitrogens is 3. The van der Waals surface area contributed by atoms with Gasteiger partial charge in [-0.05, 0) is 12.1 Å². The summed E-state index contributed by atoms with van der Waals surface area (Å²) in [6.07, 6.45) is -2.99. The average Bonchev–Trinajstić information content (AvgIpc) is 2.38. The van der Waals surface area contributed by atoms with Gasteiger partial charge < -0.3 is 9.90 Å². The van der Waals surface area contributed by atoms with E-state index in [1.54, 1.807) is 12.1 Å². The molecule has 98 valence electrons. The number of aromatic carboxylic acids is 1. The van der Waals surface area contributed by atoms with E-state index in [-0.39, 0.29) is 11.5 Å². The van der Waals surface area contributed by atoms with Crippen LogP contribution in [-0.2, 0) is 6.18 Å². The topological polar surface area (TPSA) is 78.8 Å². The molecule has 0 N–H and O–H groups in total. The molecule has 0 unspecified atom stereocenters. The van der Waals surface area contributed by atoms with Crippen molar-refractivity contribution in [3.63, 3.8) is 0 Å². The van der Waals surface area contributed by atoms with Crippen LogP contribution in [-0.4, -0.2) is 20.9 Å². The molecule has 2 aromatic heterocycles. The third kappa shape index (κ3) is 2.67. The Morgan fingerprint density at radius 2 is 1.95 bits per heavy atom. The largest absolute Gasteiger partial charge is 0.545 e. The second-order valence-corrected chi connectivity index (χ2v) is 3.46. The van der Waals surface area contributed by atoms with Gasteiger partial charge in [0, 0.05) is 18.0 Å². The zero-order chi connectivity index (χ0) is 14.0. The Hall–Kier alpha value is -2.51. The van der Waals surface area contributed by atoms with Crippen LogP contribution < -0.4 is 5.11 Å². The van der Waals surface area contributed by atoms with Gasteiger partial charge in [0.05, 0.1) is 5.97 Å². The maximum absolute atomic E-state index is 12.7. The number of carboxylic acid groups (broad SMARTS) is 1. The fourth-order valence-corrected chi connectivity index (χ4v) is 1.37. The molecule has 2 rings (SSSR count). The number of carbonyl (C=O) groups excluding carboxylic acids is 1. The van der Waals surface area contributed by atoms with E-state index in [0.717, 1.165) is 0 Å². The van der Waals surface area contributed by atoms with Gasteiger partial charge in [-0.15, -0.1) is 0 Å². The summed E-state index contributed by atoms with van der Waals surface area (Å²) in [6.45, 7) is 0. The zero-order valence-electron chi connectivity index (χ0n) is 9.18. The minimum Gasteiger partial charge on any atom is -0.545 e. The Morgan fingerprint density at radius 3 is 2.47 bits per heavy atom. The Kier molecular flexibility index (Phi) is 3.16. The lowest BCUT2D eigenvalue weighted by Crippen LogP contribution is -2.27. The smallest absolute Gasteiger partial charge is 0.434 e. The van der Waals surface area contributed by atoms with E-state index in [2.05, 4.69) is 15.0 Å². The van der Waals surface area contributed by atoms with E-state index in [1.807, 2.05) is 0 Å². The molecule has 0 saturated heterocycles. The summed E-state index contributed by atoms with van der Waals surface area (Å²) in [4.78, 5) is 21.2. The molecular weight excluding hydrogens is 263 g/mol. The van der Waals surface area contributed by atoms with Crippen molar-refractivity contribution >= 4 is 5.97 Å². The number of halogens is 3. The van der Waals surface area contributed by atoms with Crippen molar-refractivity contribution in [2.24, 2.45) is 0 Å². The standard InChI is InChI=1S/C11H6F3N3O2/c12-11(13,14)8-6(10(18)19)5-16-9(17-8)7-3-1-2-4-15-7/h1-5H,(H,18,19)/p-1. The molecule has 19 heavy (non-hydrogen) atoms. The summed E-state index contributed by atoms with van der Waals surface area (Å²) >= 11 is 0. The molecule has 0 aliphatic carbocycles. The summed E-state index contributed by atoms with van der Waals surface area (Å²) in [7, 11) is 0. The Labute approximate surface area is 104 Å². The van der Waals surface area contributed by atoms with Crippen molar-refractivity contribution in [1.82, 2.24) is 15.0 Å². The van der Waals surface area contributed by atoms with Gasteiger partial charge in [0.25, 0.3) is 0 Å². The minimum absolute atomic E-state index is 0.109. The number of nitrogens with zero attached hydrogens (tertiary/aromatic N) is 3. The number of carbonyl (C=O) groups is 1. The van der Waals surface area contributed by atoms with E-state index in [0.29, 0.717) is 6.20 Å². The molecule has 5 nitrogen and oxygen atoms in total. The van der Waals surface area contributed by atoms with Crippen LogP contribution in [0, 0.1) is 0 Å². The average molecular weight is 268 g/mol. The number of carboxylic acids is 1. The van der Waals surface area contributed by atoms with Gasteiger partial charge in [0.1, 0.15) is 5.69 Å². The van der Waals surface area contributed by atoms with Crippen molar-refractivity contribution in [3.05, 3.63) is 41.9 Å². The summed E-state index contributed by atoms with van der Waals surface area (Å²) < 4.78 is 38.1. The van der Waals surface area contributed by atoms with E-state index < -0.39 is 23.4 Å². The first kappa shape index (κ1) is 12.9. The van der Waals surface area contributed by atoms with Gasteiger partial charge in [-0.3, -0.25) is 4.98 Å². The molecule has 2 aromatic rings. The predicted molar refractivity (Wildman–Crippen MR) is 54.6 cm³/mol. The number of hydrogen-bond acceptors (Lipinski definition) is 5. The molecule has 0 saturated carbocycles. The quantitative estimate of drug-likeness (QED) is 0.809. The third-order valence-corrected chi connectivity index (χ3v) is 2.17. The van der Waals surface area contributed by atoms with Crippen molar-refractivity contribution in [2.75, 3.05) is 0 Å². The van der Waals surface area contributed by atoms with Crippen LogP contribution in [0.1, 0.15) is 16.1 Å². The highest BCUT2D eigenvalue weighted by molar-refractivity contribution is 5.87. The fraction of sp³-hybridized carbons (Fsp3) is 0.0909. The highest BCUT2D eigenvalue weighted by Gasteiger charge is 2.36. The number of rotatable bonds is 2. The first-order chi connectivity index (χ1) is 8.89. The normalized spacial score (nSPS) is 11.3. The summed E-state index contributed by atoms with van der Waals surface area (Å²) in [5, 5.41) is 10.6. The van der Waals surface area contributed by atoms with Crippen LogP contribution in [0.15, 0.2) is 30.6 Å². The third-order valence-electron chi connectivity index (χ3n) is 2.17. The molecule has 0 aliphatic rings. The summed E-state index contributed by atoms with van der Waals surface area (Å²) in [5.41, 5.74) is -2.55. The van der Waals surface area contributed by atoms with Crippen LogP contribution in [0.5, 0.6) is 0 Å². The van der Waals surface area contributed by atoms with Crippen molar-refractivity contribution in [1.29, 1.82) is 0 Å². The summed E-state index contributed by atoms with van der Waals surface area (Å²) in [5.74, 6) is -2.29. The van der Waals surface area contributed by atoms with Gasteiger partial charge >= 0.3 is 6.18 Å². The van der Waals surface area contributed by atoms with Crippen molar-refractivity contribution in [3.8, 4) is 11.5 Å². The molecule has 8 heteroatoms. The van der Waals surface area contributed by atoms with Crippen LogP contribution in [0.4, 0.5) is 13.2 Å². The fourth-order valence-electron chi connectivity index (χ4n) is 1.37. The molecule has 0 aliphatic heterocycles. The van der Waals surface area contributed by atoms with E-state index in [1.165, 1.54) is 12.3 Å². The highest BCUT2D eigenvalue weighted by Crippen LogP contribution is 2.31. The molecule has 0 spiro atoms. The summed E-state index contributed by atoms with van der Waals surface area (Å²) in [6, 6.07) is 4.53. The maximum Gasteiger partial charge on any atom is 0.434 e. The van der Waals surface area contributed by atoms with E-state index in [9.17, 15) is 23.1 Å². The first-order valence-electron chi connectivity index (χ1n) is 4.96. The number of alkyl halides is 3. The van der Waals surface area contributed by atoms with Crippen molar-refractivity contribution in [2.45, 2.75) is 6.18 Å². The van der Waals surface area contributed by atoms with Crippen LogP contribution >= 0.6 is 0 Å². The second-order valence-electron chi connectivity index (χ2n) is 3.46. The molecule has 0 aromatic carbocycles. The second kappa shape index (κ2) is 4.63. The lowest BCUT2D eigenvalue weighted by atomic mass is 10.2. The van der Waals surface area contributed by atoms with Gasteiger partial charge in [0.15, 0.2) is 11.5 Å². The van der Waals surface area contributed by atoms with Crippen LogP contribution in [0.2, 0.25) is 0 Å². The molecule has 0 amide bonds. The maximum atomic E-state index is 12.7. The molecule has 0 fully saturated rings. The lowest BCUT2D eigenvalue weighted by Gasteiger charge is -2.12. The molecule has 0 bridgehead atoms. The lowest BCUT2D eigenvalue weighted by molar-refractivity contribution is -0.256. The Balaban J connectivity index is 2.60. The van der Waals surface area contributed by atoms with Crippen LogP contribution in [0.3, 0.4) is 0 Å². The monoisotopic (exact) mass is 268 g/mol. The first-order valence-corrected chi connectivity index (χ1v) is 4.96. The van der Waals surface area contributed by atoms with Gasteiger partial charge in [-0.25, -0.2) is 9.97 Å². The number of pyridine rings is 1. The highest BCUT2D eigenvalue weighted by atomic mass is 19.4. The molecule has 2 heterocycles. The SMILES string of the molecule is O=C([O-])c1cnc(-c2ccccn2)nc1C(F)(F)F. The Bertz CT molecular complexity index is 614. The zero-order valence-corrected chi connectivity index (χ0v) is 9.18. The van der Waals surface area contributed by atoms with Gasteiger partial charge in [-0.1, -0.05) is 6.07 Å². The molecule has 0 atom stereocenters. The van der Waals surface area contributed by atoms with Gasteiger partial charge in [-0.2, -0.15) is 13.2 Å². The van der Waals surface area contributed by atoms with Gasteiger partial charge in [0.2, 0.25) is 0 Å². The minimum atomic E-state index is -4.91. The predicted octanol–water partition coefficient (Wildman–Crippen LogP) is 0.921. The number of hydrogen-bond donors (Lipinski definition) is 0. The van der Waals surface area contributed by atoms with Crippen molar-refractivity contribution < 1.29 is 23.1 Å².